The molecule has 4 saturated carbocycles. The quantitative estimate of drug-likeness (QED) is 0.812. The molecule has 0 aromatic rings. The summed E-state index contributed by atoms with van der Waals surface area (Å²) in [5, 5.41) is 20.3. The lowest BCUT2D eigenvalue weighted by Crippen LogP contribution is -2.54. The van der Waals surface area contributed by atoms with E-state index in [-0.39, 0.29) is 18.1 Å². The van der Waals surface area contributed by atoms with Crippen LogP contribution in [0.15, 0.2) is 0 Å². The topological polar surface area (TPSA) is 57.5 Å². The summed E-state index contributed by atoms with van der Waals surface area (Å²) < 4.78 is 0. The van der Waals surface area contributed by atoms with E-state index >= 15 is 0 Å². The fraction of sp³-hybridized carbons (Fsp3) is 0.955. The third-order valence-electron chi connectivity index (χ3n) is 9.33. The predicted octanol–water partition coefficient (Wildman–Crippen LogP) is 3.96. The van der Waals surface area contributed by atoms with Gasteiger partial charge in [-0.1, -0.05) is 13.8 Å². The molecule has 4 rings (SSSR count). The Hall–Kier alpha value is -0.410. The van der Waals surface area contributed by atoms with Gasteiger partial charge >= 0.3 is 0 Å². The average Bonchev–Trinajstić information content (AvgIpc) is 2.85. The van der Waals surface area contributed by atoms with Gasteiger partial charge in [-0.2, -0.15) is 0 Å². The molecule has 0 radical (unpaired) electrons. The summed E-state index contributed by atoms with van der Waals surface area (Å²) in [4.78, 5) is 12.0. The summed E-state index contributed by atoms with van der Waals surface area (Å²) in [5.74, 6) is 3.60. The summed E-state index contributed by atoms with van der Waals surface area (Å²) in [7, 11) is 0. The van der Waals surface area contributed by atoms with Gasteiger partial charge in [0.05, 0.1) is 6.10 Å². The number of Topliss-reactive ketones (excluding diaryl/α,β-unsaturated/α-hetero) is 1. The zero-order valence-corrected chi connectivity index (χ0v) is 16.0. The SMILES string of the molecule is C[C@]12CC[C@H]3[C@@H](CCC4CC(=O)CC[C@@]43C)[C@@H]1C[C@@H](CCCO)[C@@H]2O. The van der Waals surface area contributed by atoms with Crippen LogP contribution in [0.2, 0.25) is 0 Å². The minimum absolute atomic E-state index is 0.0783. The number of rotatable bonds is 3. The number of ketones is 1. The van der Waals surface area contributed by atoms with E-state index in [9.17, 15) is 15.0 Å². The zero-order valence-electron chi connectivity index (χ0n) is 16.0. The summed E-state index contributed by atoms with van der Waals surface area (Å²) >= 11 is 0. The van der Waals surface area contributed by atoms with E-state index in [1.165, 1.54) is 19.3 Å². The van der Waals surface area contributed by atoms with E-state index in [4.69, 9.17) is 0 Å². The zero-order chi connectivity index (χ0) is 17.8. The highest BCUT2D eigenvalue weighted by molar-refractivity contribution is 5.79. The Kier molecular flexibility index (Phi) is 4.56. The van der Waals surface area contributed by atoms with Crippen molar-refractivity contribution in [2.45, 2.75) is 84.2 Å². The molecule has 1 unspecified atom stereocenters. The molecule has 3 heteroatoms. The molecule has 0 aliphatic heterocycles. The molecule has 4 fully saturated rings. The van der Waals surface area contributed by atoms with Crippen molar-refractivity contribution < 1.29 is 15.0 Å². The average molecular weight is 349 g/mol. The van der Waals surface area contributed by atoms with E-state index in [2.05, 4.69) is 13.8 Å². The van der Waals surface area contributed by atoms with Gasteiger partial charge in [0.1, 0.15) is 5.78 Å². The van der Waals surface area contributed by atoms with Crippen molar-refractivity contribution in [2.24, 2.45) is 40.4 Å². The standard InChI is InChI=1S/C22H36O3/c1-21-9-7-16(24)13-15(21)5-6-17-18(21)8-10-22(2)19(17)12-14(20(22)25)4-3-11-23/h14-15,17-20,23,25H,3-13H2,1-2H3/t14-,15?,17-,18+,19+,20+,21+,22+/m1/s1. The van der Waals surface area contributed by atoms with Gasteiger partial charge in [0.15, 0.2) is 0 Å². The van der Waals surface area contributed by atoms with Gasteiger partial charge in [-0.25, -0.2) is 0 Å². The Morgan fingerprint density at radius 3 is 2.64 bits per heavy atom. The molecule has 4 aliphatic carbocycles. The van der Waals surface area contributed by atoms with Gasteiger partial charge in [0.2, 0.25) is 0 Å². The molecule has 8 atom stereocenters. The van der Waals surface area contributed by atoms with Crippen LogP contribution >= 0.6 is 0 Å². The molecule has 2 N–H and O–H groups in total. The Morgan fingerprint density at radius 2 is 1.88 bits per heavy atom. The Bertz CT molecular complexity index is 531. The second kappa shape index (κ2) is 6.34. The number of aliphatic hydroxyl groups excluding tert-OH is 2. The molecule has 3 nitrogen and oxygen atoms in total. The lowest BCUT2D eigenvalue weighted by molar-refractivity contribution is -0.142. The maximum atomic E-state index is 12.0. The van der Waals surface area contributed by atoms with Crippen LogP contribution in [0, 0.1) is 40.4 Å². The molecular weight excluding hydrogens is 312 g/mol. The second-order valence-electron chi connectivity index (χ2n) is 10.3. The lowest BCUT2D eigenvalue weighted by atomic mass is 9.45. The molecular formula is C22H36O3. The Balaban J connectivity index is 1.57. The third kappa shape index (κ3) is 2.64. The molecule has 0 amide bonds. The fourth-order valence-corrected chi connectivity index (χ4v) is 7.83. The molecule has 0 aromatic carbocycles. The first-order chi connectivity index (χ1) is 11.9. The summed E-state index contributed by atoms with van der Waals surface area (Å²) in [5.41, 5.74) is 0.432. The van der Waals surface area contributed by atoms with E-state index in [0.717, 1.165) is 56.8 Å². The van der Waals surface area contributed by atoms with Gasteiger partial charge in [0, 0.05) is 19.4 Å². The highest BCUT2D eigenvalue weighted by Gasteiger charge is 2.61. The maximum Gasteiger partial charge on any atom is 0.133 e. The van der Waals surface area contributed by atoms with Gasteiger partial charge in [0.25, 0.3) is 0 Å². The molecule has 25 heavy (non-hydrogen) atoms. The monoisotopic (exact) mass is 348 g/mol. The molecule has 0 aromatic heterocycles. The van der Waals surface area contributed by atoms with Crippen molar-refractivity contribution in [1.29, 1.82) is 0 Å². The van der Waals surface area contributed by atoms with Crippen LogP contribution < -0.4 is 0 Å². The van der Waals surface area contributed by atoms with E-state index in [1.54, 1.807) is 0 Å². The summed E-state index contributed by atoms with van der Waals surface area (Å²) in [6.45, 7) is 5.07. The third-order valence-corrected chi connectivity index (χ3v) is 9.33. The number of hydrogen-bond acceptors (Lipinski definition) is 3. The molecule has 0 bridgehead atoms. The molecule has 0 spiro atoms. The highest BCUT2D eigenvalue weighted by atomic mass is 16.3. The molecule has 4 aliphatic rings. The molecule has 142 valence electrons. The molecule has 0 saturated heterocycles. The maximum absolute atomic E-state index is 12.0. The van der Waals surface area contributed by atoms with Crippen molar-refractivity contribution in [2.75, 3.05) is 6.61 Å². The van der Waals surface area contributed by atoms with E-state index in [1.807, 2.05) is 0 Å². The summed E-state index contributed by atoms with van der Waals surface area (Å²) in [6, 6.07) is 0. The van der Waals surface area contributed by atoms with Crippen LogP contribution in [0.3, 0.4) is 0 Å². The lowest BCUT2D eigenvalue weighted by Gasteiger charge is -2.60. The molecule has 0 heterocycles. The van der Waals surface area contributed by atoms with Crippen LogP contribution in [0.4, 0.5) is 0 Å². The normalized spacial score (nSPS) is 52.4. The van der Waals surface area contributed by atoms with Crippen LogP contribution in [0.5, 0.6) is 0 Å². The van der Waals surface area contributed by atoms with Crippen LogP contribution in [-0.4, -0.2) is 28.7 Å². The van der Waals surface area contributed by atoms with Crippen molar-refractivity contribution in [1.82, 2.24) is 0 Å². The van der Waals surface area contributed by atoms with Crippen LogP contribution in [0.25, 0.3) is 0 Å². The number of aliphatic hydroxyl groups is 2. The van der Waals surface area contributed by atoms with Crippen LogP contribution in [0.1, 0.15) is 78.1 Å². The number of carbonyl (C=O) groups excluding carboxylic acids is 1. The Labute approximate surface area is 152 Å². The first-order valence-electron chi connectivity index (χ1n) is 10.7. The highest BCUT2D eigenvalue weighted by Crippen LogP contribution is 2.67. The van der Waals surface area contributed by atoms with Gasteiger partial charge in [-0.3, -0.25) is 4.79 Å². The second-order valence-corrected chi connectivity index (χ2v) is 10.3. The smallest absolute Gasteiger partial charge is 0.133 e. The fourth-order valence-electron chi connectivity index (χ4n) is 7.83. The van der Waals surface area contributed by atoms with Gasteiger partial charge < -0.3 is 10.2 Å². The first kappa shape index (κ1) is 18.0. The minimum Gasteiger partial charge on any atom is -0.396 e. The van der Waals surface area contributed by atoms with Crippen molar-refractivity contribution in [3.05, 3.63) is 0 Å². The number of carbonyl (C=O) groups is 1. The number of fused-ring (bicyclic) bond motifs is 5. The summed E-state index contributed by atoms with van der Waals surface area (Å²) in [6.07, 6.45) is 10.3. The van der Waals surface area contributed by atoms with Crippen molar-refractivity contribution in [3.63, 3.8) is 0 Å². The minimum atomic E-state index is -0.191. The largest absolute Gasteiger partial charge is 0.396 e. The number of hydrogen-bond donors (Lipinski definition) is 2. The van der Waals surface area contributed by atoms with E-state index in [0.29, 0.717) is 29.0 Å². The van der Waals surface area contributed by atoms with Gasteiger partial charge in [-0.15, -0.1) is 0 Å². The predicted molar refractivity (Wildman–Crippen MR) is 97.9 cm³/mol. The van der Waals surface area contributed by atoms with E-state index < -0.39 is 0 Å². The van der Waals surface area contributed by atoms with Gasteiger partial charge in [-0.05, 0) is 91.8 Å². The van der Waals surface area contributed by atoms with Crippen LogP contribution in [-0.2, 0) is 4.79 Å². The Morgan fingerprint density at radius 1 is 1.08 bits per heavy atom. The van der Waals surface area contributed by atoms with Crippen molar-refractivity contribution in [3.8, 4) is 0 Å². The first-order valence-corrected chi connectivity index (χ1v) is 10.7. The van der Waals surface area contributed by atoms with Crippen molar-refractivity contribution >= 4 is 5.78 Å².